The molecule has 0 unspecified atom stereocenters. The van der Waals surface area contributed by atoms with Gasteiger partial charge < -0.3 is 10.1 Å². The second-order valence-corrected chi connectivity index (χ2v) is 8.44. The van der Waals surface area contributed by atoms with E-state index in [0.717, 1.165) is 33.2 Å². The van der Waals surface area contributed by atoms with Gasteiger partial charge >= 0.3 is 0 Å². The van der Waals surface area contributed by atoms with Gasteiger partial charge in [-0.05, 0) is 50.5 Å². The minimum atomic E-state index is 0.0162. The lowest BCUT2D eigenvalue weighted by Gasteiger charge is -2.07. The highest BCUT2D eigenvalue weighted by Crippen LogP contribution is 2.34. The van der Waals surface area contributed by atoms with Crippen LogP contribution in [0.1, 0.15) is 21.8 Å². The Morgan fingerprint density at radius 2 is 1.93 bits per heavy atom. The monoisotopic (exact) mass is 401 g/mol. The van der Waals surface area contributed by atoms with Crippen LogP contribution in [0.25, 0.3) is 10.2 Å². The Kier molecular flexibility index (Phi) is 6.34. The Morgan fingerprint density at radius 1 is 1.19 bits per heavy atom. The van der Waals surface area contributed by atoms with Crippen LogP contribution in [0.4, 0.5) is 0 Å². The predicted octanol–water partition coefficient (Wildman–Crippen LogP) is 4.08. The molecule has 7 heteroatoms. The van der Waals surface area contributed by atoms with Gasteiger partial charge in [0.25, 0.3) is 0 Å². The van der Waals surface area contributed by atoms with Crippen molar-refractivity contribution in [2.75, 3.05) is 19.4 Å². The lowest BCUT2D eigenvalue weighted by Crippen LogP contribution is -2.27. The first-order chi connectivity index (χ1) is 13.0. The van der Waals surface area contributed by atoms with E-state index in [9.17, 15) is 4.79 Å². The number of rotatable bonds is 7. The molecular formula is C20H23N3O2S2. The Bertz CT molecular complexity index is 952. The molecule has 0 spiro atoms. The minimum absolute atomic E-state index is 0.0162. The van der Waals surface area contributed by atoms with Crippen LogP contribution < -0.4 is 10.1 Å². The van der Waals surface area contributed by atoms with Crippen molar-refractivity contribution in [1.82, 2.24) is 15.3 Å². The van der Waals surface area contributed by atoms with Crippen LogP contribution in [0, 0.1) is 20.8 Å². The van der Waals surface area contributed by atoms with Crippen molar-refractivity contribution in [3.63, 3.8) is 0 Å². The van der Waals surface area contributed by atoms with Crippen molar-refractivity contribution in [2.45, 2.75) is 32.2 Å². The Balaban J connectivity index is 1.55. The van der Waals surface area contributed by atoms with Crippen LogP contribution >= 0.6 is 23.1 Å². The Labute approximate surface area is 167 Å². The fourth-order valence-corrected chi connectivity index (χ4v) is 4.84. The number of ether oxygens (including phenoxy) is 1. The summed E-state index contributed by atoms with van der Waals surface area (Å²) in [6.45, 7) is 6.69. The second-order valence-electron chi connectivity index (χ2n) is 6.28. The van der Waals surface area contributed by atoms with Crippen LogP contribution in [-0.4, -0.2) is 35.3 Å². The lowest BCUT2D eigenvalue weighted by atomic mass is 10.1. The van der Waals surface area contributed by atoms with Gasteiger partial charge in [-0.3, -0.25) is 4.79 Å². The molecule has 142 valence electrons. The molecule has 5 nitrogen and oxygen atoms in total. The zero-order valence-electron chi connectivity index (χ0n) is 16.0. The Hall–Kier alpha value is -2.12. The van der Waals surface area contributed by atoms with Gasteiger partial charge in [-0.25, -0.2) is 9.97 Å². The summed E-state index contributed by atoms with van der Waals surface area (Å²) >= 11 is 3.16. The molecule has 0 saturated carbocycles. The number of nitrogens with one attached hydrogen (secondary N) is 1. The average molecular weight is 402 g/mol. The van der Waals surface area contributed by atoms with Crippen LogP contribution in [0.3, 0.4) is 0 Å². The van der Waals surface area contributed by atoms with E-state index in [1.54, 1.807) is 18.4 Å². The first-order valence-electron chi connectivity index (χ1n) is 8.74. The summed E-state index contributed by atoms with van der Waals surface area (Å²) in [5.41, 5.74) is 2.37. The van der Waals surface area contributed by atoms with Gasteiger partial charge in [-0.1, -0.05) is 23.9 Å². The summed E-state index contributed by atoms with van der Waals surface area (Å²) in [5.74, 6) is 1.95. The number of fused-ring (bicyclic) bond motifs is 1. The normalized spacial score (nSPS) is 11.0. The highest BCUT2D eigenvalue weighted by atomic mass is 32.2. The number of carbonyl (C=O) groups excluding carboxylic acids is 1. The van der Waals surface area contributed by atoms with Crippen molar-refractivity contribution in [1.29, 1.82) is 0 Å². The average Bonchev–Trinajstić information content (AvgIpc) is 2.94. The molecule has 0 aliphatic carbocycles. The number of methoxy groups -OCH3 is 1. The number of aromatic nitrogens is 2. The van der Waals surface area contributed by atoms with E-state index in [-0.39, 0.29) is 5.91 Å². The summed E-state index contributed by atoms with van der Waals surface area (Å²) in [7, 11) is 1.65. The molecule has 3 aromatic rings. The standard InChI is InChI=1S/C20H23N3O2S2/c1-12-13(2)27-20-18(12)19(22-14(3)23-20)26-11-17(24)21-10-9-15-5-7-16(25-4)8-6-15/h5-8H,9-11H2,1-4H3,(H,21,24). The molecule has 0 radical (unpaired) electrons. The van der Waals surface area contributed by atoms with Gasteiger partial charge in [0, 0.05) is 16.8 Å². The molecule has 1 aromatic carbocycles. The van der Waals surface area contributed by atoms with Crippen LogP contribution in [0.5, 0.6) is 5.75 Å². The number of hydrogen-bond donors (Lipinski definition) is 1. The molecule has 2 heterocycles. The largest absolute Gasteiger partial charge is 0.497 e. The first-order valence-corrected chi connectivity index (χ1v) is 10.5. The van der Waals surface area contributed by atoms with E-state index in [0.29, 0.717) is 12.3 Å². The zero-order chi connectivity index (χ0) is 19.4. The molecule has 0 atom stereocenters. The van der Waals surface area contributed by atoms with E-state index in [4.69, 9.17) is 4.74 Å². The highest BCUT2D eigenvalue weighted by molar-refractivity contribution is 8.00. The SMILES string of the molecule is COc1ccc(CCNC(=O)CSc2nc(C)nc3sc(C)c(C)c23)cc1. The van der Waals surface area contributed by atoms with Gasteiger partial charge in [0.05, 0.1) is 12.9 Å². The number of nitrogens with zero attached hydrogens (tertiary/aromatic N) is 2. The van der Waals surface area contributed by atoms with Gasteiger partial charge in [0.2, 0.25) is 5.91 Å². The maximum atomic E-state index is 12.2. The van der Waals surface area contributed by atoms with Gasteiger partial charge in [0.15, 0.2) is 0 Å². The van der Waals surface area contributed by atoms with Crippen LogP contribution in [0.2, 0.25) is 0 Å². The van der Waals surface area contributed by atoms with E-state index in [1.807, 2.05) is 31.2 Å². The second kappa shape index (κ2) is 8.71. The quantitative estimate of drug-likeness (QED) is 0.477. The van der Waals surface area contributed by atoms with Crippen molar-refractivity contribution >= 4 is 39.2 Å². The molecule has 27 heavy (non-hydrogen) atoms. The Morgan fingerprint density at radius 3 is 2.63 bits per heavy atom. The molecule has 0 fully saturated rings. The molecule has 2 aromatic heterocycles. The van der Waals surface area contributed by atoms with Crippen molar-refractivity contribution in [3.05, 3.63) is 46.1 Å². The zero-order valence-corrected chi connectivity index (χ0v) is 17.6. The number of carbonyl (C=O) groups is 1. The number of benzene rings is 1. The lowest BCUT2D eigenvalue weighted by molar-refractivity contribution is -0.118. The van der Waals surface area contributed by atoms with E-state index in [2.05, 4.69) is 29.1 Å². The molecule has 1 amide bonds. The van der Waals surface area contributed by atoms with E-state index < -0.39 is 0 Å². The molecule has 3 rings (SSSR count). The minimum Gasteiger partial charge on any atom is -0.497 e. The molecule has 0 aliphatic rings. The third kappa shape index (κ3) is 4.78. The molecule has 0 saturated heterocycles. The maximum Gasteiger partial charge on any atom is 0.230 e. The van der Waals surface area contributed by atoms with E-state index >= 15 is 0 Å². The third-order valence-electron chi connectivity index (χ3n) is 4.34. The predicted molar refractivity (Wildman–Crippen MR) is 112 cm³/mol. The van der Waals surface area contributed by atoms with Gasteiger partial charge in [-0.15, -0.1) is 11.3 Å². The molecule has 1 N–H and O–H groups in total. The van der Waals surface area contributed by atoms with Crippen molar-refractivity contribution in [2.24, 2.45) is 0 Å². The van der Waals surface area contributed by atoms with Crippen molar-refractivity contribution < 1.29 is 9.53 Å². The molecular weight excluding hydrogens is 378 g/mol. The number of thioether (sulfide) groups is 1. The fraction of sp³-hybridized carbons (Fsp3) is 0.350. The summed E-state index contributed by atoms with van der Waals surface area (Å²) in [6.07, 6.45) is 0.792. The number of amides is 1. The first kappa shape index (κ1) is 19.6. The molecule has 0 bridgehead atoms. The summed E-state index contributed by atoms with van der Waals surface area (Å²) in [5, 5.41) is 4.96. The van der Waals surface area contributed by atoms with Crippen molar-refractivity contribution in [3.8, 4) is 5.75 Å². The number of thiophene rings is 1. The summed E-state index contributed by atoms with van der Waals surface area (Å²) in [6, 6.07) is 7.89. The van der Waals surface area contributed by atoms with Gasteiger partial charge in [-0.2, -0.15) is 0 Å². The molecule has 0 aliphatic heterocycles. The number of hydrogen-bond acceptors (Lipinski definition) is 6. The number of aryl methyl sites for hydroxylation is 3. The third-order valence-corrected chi connectivity index (χ3v) is 6.42. The summed E-state index contributed by atoms with van der Waals surface area (Å²) in [4.78, 5) is 23.6. The van der Waals surface area contributed by atoms with E-state index in [1.165, 1.54) is 27.8 Å². The van der Waals surface area contributed by atoms with Crippen LogP contribution in [-0.2, 0) is 11.2 Å². The smallest absolute Gasteiger partial charge is 0.230 e. The fourth-order valence-electron chi connectivity index (χ4n) is 2.74. The topological polar surface area (TPSA) is 64.1 Å². The maximum absolute atomic E-state index is 12.2. The van der Waals surface area contributed by atoms with Crippen LogP contribution in [0.15, 0.2) is 29.3 Å². The van der Waals surface area contributed by atoms with Gasteiger partial charge in [0.1, 0.15) is 21.4 Å². The summed E-state index contributed by atoms with van der Waals surface area (Å²) < 4.78 is 5.15. The highest BCUT2D eigenvalue weighted by Gasteiger charge is 2.15.